The third-order valence-corrected chi connectivity index (χ3v) is 4.84. The quantitative estimate of drug-likeness (QED) is 0.536. The van der Waals surface area contributed by atoms with Gasteiger partial charge in [-0.15, -0.1) is 0 Å². The average Bonchev–Trinajstić information content (AvgIpc) is 2.60. The van der Waals surface area contributed by atoms with E-state index in [2.05, 4.69) is 0 Å². The van der Waals surface area contributed by atoms with Crippen molar-refractivity contribution in [3.8, 4) is 5.75 Å². The number of aryl methyl sites for hydroxylation is 1. The first kappa shape index (κ1) is 17.7. The summed E-state index contributed by atoms with van der Waals surface area (Å²) in [5, 5.41) is 0.918. The van der Waals surface area contributed by atoms with Crippen LogP contribution in [0.3, 0.4) is 0 Å². The highest BCUT2D eigenvalue weighted by Crippen LogP contribution is 2.39. The molecular formula is C19H13ClF3NO3. The van der Waals surface area contributed by atoms with Crippen molar-refractivity contribution in [3.05, 3.63) is 68.5 Å². The molecule has 0 aliphatic carbocycles. The lowest BCUT2D eigenvalue weighted by molar-refractivity contribution is -0.137. The molecule has 27 heavy (non-hydrogen) atoms. The van der Waals surface area contributed by atoms with Crippen LogP contribution in [0.4, 0.5) is 18.9 Å². The Balaban J connectivity index is 1.82. The van der Waals surface area contributed by atoms with Crippen LogP contribution in [0.15, 0.2) is 45.6 Å². The predicted molar refractivity (Wildman–Crippen MR) is 95.4 cm³/mol. The third-order valence-electron chi connectivity index (χ3n) is 4.52. The van der Waals surface area contributed by atoms with E-state index in [0.29, 0.717) is 16.9 Å². The number of hydrogen-bond donors (Lipinski definition) is 0. The summed E-state index contributed by atoms with van der Waals surface area (Å²) in [6.45, 7) is 2.01. The van der Waals surface area contributed by atoms with E-state index in [4.69, 9.17) is 20.8 Å². The van der Waals surface area contributed by atoms with Gasteiger partial charge in [-0.25, -0.2) is 4.79 Å². The first-order chi connectivity index (χ1) is 12.7. The summed E-state index contributed by atoms with van der Waals surface area (Å²) in [7, 11) is 0. The van der Waals surface area contributed by atoms with Gasteiger partial charge in [0, 0.05) is 11.5 Å². The molecule has 0 saturated carbocycles. The van der Waals surface area contributed by atoms with Crippen molar-refractivity contribution in [1.82, 2.24) is 0 Å². The van der Waals surface area contributed by atoms with Gasteiger partial charge in [0.05, 0.1) is 28.4 Å². The zero-order chi connectivity index (χ0) is 19.3. The fraction of sp³-hybridized carbons (Fsp3) is 0.211. The second kappa shape index (κ2) is 6.20. The molecule has 8 heteroatoms. The molecule has 0 unspecified atom stereocenters. The molecule has 1 aliphatic rings. The minimum Gasteiger partial charge on any atom is -0.473 e. The van der Waals surface area contributed by atoms with Crippen LogP contribution in [0.25, 0.3) is 11.0 Å². The van der Waals surface area contributed by atoms with Crippen LogP contribution >= 0.6 is 11.6 Å². The molecule has 4 nitrogen and oxygen atoms in total. The molecule has 0 spiro atoms. The van der Waals surface area contributed by atoms with Crippen molar-refractivity contribution in [2.75, 3.05) is 11.6 Å². The maximum atomic E-state index is 13.1. The standard InChI is InChI=1S/C19H13ClF3NO3/c1-10-6-17(25)27-18-12(10)3-5-16-13(18)8-24(9-26-16)15-7-11(19(21,22)23)2-4-14(15)20/h2-7H,8-9H2,1H3. The van der Waals surface area contributed by atoms with Gasteiger partial charge in [-0.2, -0.15) is 13.2 Å². The van der Waals surface area contributed by atoms with E-state index in [1.165, 1.54) is 12.1 Å². The summed E-state index contributed by atoms with van der Waals surface area (Å²) in [5.41, 5.74) is 0.608. The molecule has 2 heterocycles. The van der Waals surface area contributed by atoms with E-state index >= 15 is 0 Å². The van der Waals surface area contributed by atoms with E-state index in [1.807, 2.05) is 0 Å². The Hall–Kier alpha value is -2.67. The molecule has 0 atom stereocenters. The molecule has 1 aromatic heterocycles. The maximum Gasteiger partial charge on any atom is 0.416 e. The van der Waals surface area contributed by atoms with Crippen molar-refractivity contribution >= 4 is 28.3 Å². The number of hydrogen-bond acceptors (Lipinski definition) is 4. The number of benzene rings is 2. The summed E-state index contributed by atoms with van der Waals surface area (Å²) in [4.78, 5) is 13.4. The Morgan fingerprint density at radius 2 is 1.93 bits per heavy atom. The Morgan fingerprint density at radius 3 is 2.67 bits per heavy atom. The summed E-state index contributed by atoms with van der Waals surface area (Å²) in [6.07, 6.45) is -4.48. The highest BCUT2D eigenvalue weighted by atomic mass is 35.5. The molecule has 0 bridgehead atoms. The third kappa shape index (κ3) is 3.12. The molecular weight excluding hydrogens is 383 g/mol. The number of halogens is 4. The Bertz CT molecular complexity index is 1110. The number of fused-ring (bicyclic) bond motifs is 3. The zero-order valence-electron chi connectivity index (χ0n) is 14.1. The van der Waals surface area contributed by atoms with E-state index in [0.717, 1.165) is 23.1 Å². The van der Waals surface area contributed by atoms with Crippen molar-refractivity contribution in [2.45, 2.75) is 19.6 Å². The molecule has 0 N–H and O–H groups in total. The smallest absolute Gasteiger partial charge is 0.416 e. The minimum absolute atomic E-state index is 0.0234. The number of alkyl halides is 3. The fourth-order valence-electron chi connectivity index (χ4n) is 3.18. The molecule has 0 saturated heterocycles. The van der Waals surface area contributed by atoms with Gasteiger partial charge < -0.3 is 14.1 Å². The number of nitrogens with zero attached hydrogens (tertiary/aromatic N) is 1. The highest BCUT2D eigenvalue weighted by Gasteiger charge is 2.32. The average molecular weight is 396 g/mol. The van der Waals surface area contributed by atoms with Crippen molar-refractivity contribution in [2.24, 2.45) is 0 Å². The fourth-order valence-corrected chi connectivity index (χ4v) is 3.41. The second-order valence-corrected chi connectivity index (χ2v) is 6.71. The molecule has 0 amide bonds. The Morgan fingerprint density at radius 1 is 1.15 bits per heavy atom. The minimum atomic E-state index is -4.48. The van der Waals surface area contributed by atoms with Gasteiger partial charge >= 0.3 is 11.8 Å². The van der Waals surface area contributed by atoms with Crippen LogP contribution in [-0.4, -0.2) is 6.73 Å². The maximum absolute atomic E-state index is 13.1. The molecule has 0 radical (unpaired) electrons. The van der Waals surface area contributed by atoms with Crippen molar-refractivity contribution in [1.29, 1.82) is 0 Å². The van der Waals surface area contributed by atoms with Crippen molar-refractivity contribution in [3.63, 3.8) is 0 Å². The summed E-state index contributed by atoms with van der Waals surface area (Å²) < 4.78 is 50.2. The van der Waals surface area contributed by atoms with Gasteiger partial charge in [0.25, 0.3) is 0 Å². The van der Waals surface area contributed by atoms with Gasteiger partial charge in [0.15, 0.2) is 6.73 Å². The topological polar surface area (TPSA) is 42.7 Å². The van der Waals surface area contributed by atoms with E-state index < -0.39 is 17.4 Å². The van der Waals surface area contributed by atoms with Crippen LogP contribution in [0.1, 0.15) is 16.7 Å². The first-order valence-electron chi connectivity index (χ1n) is 8.05. The number of rotatable bonds is 1. The van der Waals surface area contributed by atoms with Crippen LogP contribution in [0, 0.1) is 6.92 Å². The molecule has 4 rings (SSSR count). The molecule has 0 fully saturated rings. The van der Waals surface area contributed by atoms with Crippen LogP contribution in [0.5, 0.6) is 5.75 Å². The summed E-state index contributed by atoms with van der Waals surface area (Å²) in [5.74, 6) is 0.524. The van der Waals surface area contributed by atoms with Crippen molar-refractivity contribution < 1.29 is 22.3 Å². The van der Waals surface area contributed by atoms with Crippen LogP contribution < -0.4 is 15.3 Å². The SMILES string of the molecule is Cc1cc(=O)oc2c3c(ccc12)OCN(c1cc(C(F)(F)F)ccc1Cl)C3. The Labute approximate surface area is 156 Å². The van der Waals surface area contributed by atoms with Gasteiger partial charge in [-0.3, -0.25) is 0 Å². The summed E-state index contributed by atoms with van der Waals surface area (Å²) >= 11 is 6.14. The molecule has 1 aliphatic heterocycles. The number of anilines is 1. The van der Waals surface area contributed by atoms with Crippen LogP contribution in [0.2, 0.25) is 5.02 Å². The predicted octanol–water partition coefficient (Wildman–Crippen LogP) is 5.13. The lowest BCUT2D eigenvalue weighted by Gasteiger charge is -2.32. The van der Waals surface area contributed by atoms with E-state index in [9.17, 15) is 18.0 Å². The van der Waals surface area contributed by atoms with Gasteiger partial charge in [-0.1, -0.05) is 11.6 Å². The zero-order valence-corrected chi connectivity index (χ0v) is 14.8. The Kier molecular flexibility index (Phi) is 4.07. The second-order valence-electron chi connectivity index (χ2n) is 6.30. The van der Waals surface area contributed by atoms with E-state index in [-0.39, 0.29) is 24.0 Å². The molecule has 2 aromatic carbocycles. The first-order valence-corrected chi connectivity index (χ1v) is 8.42. The lowest BCUT2D eigenvalue weighted by Crippen LogP contribution is -2.32. The molecule has 3 aromatic rings. The normalized spacial score (nSPS) is 14.2. The summed E-state index contributed by atoms with van der Waals surface area (Å²) in [6, 6.07) is 8.07. The highest BCUT2D eigenvalue weighted by molar-refractivity contribution is 6.33. The lowest BCUT2D eigenvalue weighted by atomic mass is 10.0. The van der Waals surface area contributed by atoms with Crippen LogP contribution in [-0.2, 0) is 12.7 Å². The monoisotopic (exact) mass is 395 g/mol. The van der Waals surface area contributed by atoms with Gasteiger partial charge in [-0.05, 0) is 42.8 Å². The molecule has 140 valence electrons. The largest absolute Gasteiger partial charge is 0.473 e. The van der Waals surface area contributed by atoms with Gasteiger partial charge in [0.2, 0.25) is 0 Å². The van der Waals surface area contributed by atoms with E-state index in [1.54, 1.807) is 24.0 Å². The number of ether oxygens (including phenoxy) is 1. The van der Waals surface area contributed by atoms with Gasteiger partial charge in [0.1, 0.15) is 11.3 Å².